The van der Waals surface area contributed by atoms with Crippen LogP contribution in [-0.2, 0) is 17.8 Å². The first-order chi connectivity index (χ1) is 14.2. The second kappa shape index (κ2) is 8.89. The summed E-state index contributed by atoms with van der Waals surface area (Å²) in [5.41, 5.74) is 5.04. The van der Waals surface area contributed by atoms with Gasteiger partial charge in [-0.25, -0.2) is 4.98 Å². The fourth-order valence-electron chi connectivity index (χ4n) is 3.75. The van der Waals surface area contributed by atoms with E-state index in [1.54, 1.807) is 18.4 Å². The van der Waals surface area contributed by atoms with Crippen LogP contribution in [0, 0.1) is 5.92 Å². The van der Waals surface area contributed by atoms with Gasteiger partial charge in [0.2, 0.25) is 5.91 Å². The van der Waals surface area contributed by atoms with Crippen molar-refractivity contribution in [3.8, 4) is 21.0 Å². The molecular weight excluding hydrogens is 378 g/mol. The average Bonchev–Trinajstić information content (AvgIpc) is 3.21. The summed E-state index contributed by atoms with van der Waals surface area (Å²) in [6.07, 6.45) is 4.28. The first kappa shape index (κ1) is 19.8. The molecule has 1 aliphatic heterocycles. The fourth-order valence-corrected chi connectivity index (χ4v) is 4.67. The molecule has 0 saturated carbocycles. The third kappa shape index (κ3) is 4.57. The van der Waals surface area contributed by atoms with Crippen molar-refractivity contribution >= 4 is 17.2 Å². The van der Waals surface area contributed by atoms with Crippen molar-refractivity contribution in [2.24, 2.45) is 5.92 Å². The maximum absolute atomic E-state index is 11.6. The number of hydrogen-bond acceptors (Lipinski definition) is 4. The maximum Gasteiger partial charge on any atom is 0.225 e. The standard InChI is InChI=1S/C24H27N3OS/c1-3-4-17-5-9-19(10-6-17)22-13-26-24(29-22)20-11-7-18(8-12-20)14-27-15-21(16-27)23(28)25-2/h5-13,21H,3-4,14-16H2,1-2H3,(H,25,28). The molecule has 3 aromatic rings. The van der Waals surface area contributed by atoms with E-state index >= 15 is 0 Å². The molecule has 1 fully saturated rings. The summed E-state index contributed by atoms with van der Waals surface area (Å²) in [6.45, 7) is 4.78. The number of hydrogen-bond donors (Lipinski definition) is 1. The van der Waals surface area contributed by atoms with Crippen molar-refractivity contribution in [2.75, 3.05) is 20.1 Å². The van der Waals surface area contributed by atoms with E-state index in [1.165, 1.54) is 28.0 Å². The highest BCUT2D eigenvalue weighted by Gasteiger charge is 2.31. The molecule has 0 bridgehead atoms. The Hall–Kier alpha value is -2.50. The maximum atomic E-state index is 11.6. The van der Waals surface area contributed by atoms with Crippen LogP contribution < -0.4 is 5.32 Å². The average molecular weight is 406 g/mol. The van der Waals surface area contributed by atoms with Gasteiger partial charge in [-0.15, -0.1) is 11.3 Å². The number of carbonyl (C=O) groups is 1. The summed E-state index contributed by atoms with van der Waals surface area (Å²) in [5, 5.41) is 3.78. The second-order valence-electron chi connectivity index (χ2n) is 7.68. The number of benzene rings is 2. The summed E-state index contributed by atoms with van der Waals surface area (Å²) in [5.74, 6) is 0.292. The first-order valence-electron chi connectivity index (χ1n) is 10.2. The quantitative estimate of drug-likeness (QED) is 0.624. The number of nitrogens with zero attached hydrogens (tertiary/aromatic N) is 2. The summed E-state index contributed by atoms with van der Waals surface area (Å²) < 4.78 is 0. The van der Waals surface area contributed by atoms with Crippen molar-refractivity contribution in [1.29, 1.82) is 0 Å². The molecule has 1 aromatic heterocycles. The molecule has 4 rings (SSSR count). The van der Waals surface area contributed by atoms with E-state index in [0.717, 1.165) is 36.6 Å². The van der Waals surface area contributed by atoms with Gasteiger partial charge in [-0.1, -0.05) is 61.9 Å². The Labute approximate surface area is 176 Å². The molecular formula is C24H27N3OS. The van der Waals surface area contributed by atoms with Crippen molar-refractivity contribution in [2.45, 2.75) is 26.3 Å². The van der Waals surface area contributed by atoms with Crippen LogP contribution in [0.5, 0.6) is 0 Å². The number of rotatable bonds is 7. The zero-order valence-electron chi connectivity index (χ0n) is 17.0. The summed E-state index contributed by atoms with van der Waals surface area (Å²) in [7, 11) is 1.70. The first-order valence-corrected chi connectivity index (χ1v) is 11.1. The molecule has 0 radical (unpaired) electrons. The Bertz CT molecular complexity index is 957. The molecule has 2 heterocycles. The van der Waals surface area contributed by atoms with E-state index in [9.17, 15) is 4.79 Å². The largest absolute Gasteiger partial charge is 0.359 e. The monoisotopic (exact) mass is 405 g/mol. The van der Waals surface area contributed by atoms with Gasteiger partial charge in [0.1, 0.15) is 5.01 Å². The summed E-state index contributed by atoms with van der Waals surface area (Å²) in [4.78, 5) is 19.7. The Balaban J connectivity index is 1.38. The molecule has 150 valence electrons. The van der Waals surface area contributed by atoms with Gasteiger partial charge in [0, 0.05) is 38.4 Å². The van der Waals surface area contributed by atoms with Crippen LogP contribution in [0.2, 0.25) is 0 Å². The van der Waals surface area contributed by atoms with Gasteiger partial charge in [-0.05, 0) is 23.1 Å². The van der Waals surface area contributed by atoms with E-state index in [2.05, 4.69) is 70.7 Å². The molecule has 1 amide bonds. The SMILES string of the molecule is CCCc1ccc(-c2cnc(-c3ccc(CN4CC(C(=O)NC)C4)cc3)s2)cc1. The fraction of sp³-hybridized carbons (Fsp3) is 0.333. The van der Waals surface area contributed by atoms with Crippen LogP contribution >= 0.6 is 11.3 Å². The molecule has 29 heavy (non-hydrogen) atoms. The van der Waals surface area contributed by atoms with E-state index in [4.69, 9.17) is 0 Å². The van der Waals surface area contributed by atoms with Crippen molar-refractivity contribution in [3.05, 3.63) is 65.9 Å². The zero-order valence-corrected chi connectivity index (χ0v) is 17.8. The zero-order chi connectivity index (χ0) is 20.2. The van der Waals surface area contributed by atoms with Crippen LogP contribution in [0.1, 0.15) is 24.5 Å². The molecule has 1 N–H and O–H groups in total. The number of aryl methyl sites for hydroxylation is 1. The van der Waals surface area contributed by atoms with E-state index in [-0.39, 0.29) is 11.8 Å². The van der Waals surface area contributed by atoms with Crippen molar-refractivity contribution in [3.63, 3.8) is 0 Å². The van der Waals surface area contributed by atoms with Crippen LogP contribution in [-0.4, -0.2) is 35.9 Å². The van der Waals surface area contributed by atoms with Gasteiger partial charge in [0.25, 0.3) is 0 Å². The van der Waals surface area contributed by atoms with Gasteiger partial charge in [0.15, 0.2) is 0 Å². The Morgan fingerprint density at radius 1 is 1.07 bits per heavy atom. The van der Waals surface area contributed by atoms with Gasteiger partial charge in [-0.2, -0.15) is 0 Å². The normalized spacial score (nSPS) is 14.6. The lowest BCUT2D eigenvalue weighted by Crippen LogP contribution is -2.52. The molecule has 0 spiro atoms. The number of amides is 1. The molecule has 0 aliphatic carbocycles. The minimum atomic E-state index is 0.143. The van der Waals surface area contributed by atoms with Gasteiger partial charge >= 0.3 is 0 Å². The van der Waals surface area contributed by atoms with Crippen LogP contribution in [0.4, 0.5) is 0 Å². The highest BCUT2D eigenvalue weighted by Crippen LogP contribution is 2.32. The second-order valence-corrected chi connectivity index (χ2v) is 8.71. The minimum Gasteiger partial charge on any atom is -0.359 e. The highest BCUT2D eigenvalue weighted by atomic mass is 32.1. The van der Waals surface area contributed by atoms with E-state index in [1.807, 2.05) is 6.20 Å². The predicted octanol–water partition coefficient (Wildman–Crippen LogP) is 4.61. The van der Waals surface area contributed by atoms with Crippen LogP contribution in [0.15, 0.2) is 54.7 Å². The summed E-state index contributed by atoms with van der Waals surface area (Å²) >= 11 is 1.73. The third-order valence-electron chi connectivity index (χ3n) is 5.46. The topological polar surface area (TPSA) is 45.2 Å². The molecule has 1 aliphatic rings. The molecule has 2 aromatic carbocycles. The van der Waals surface area contributed by atoms with Gasteiger partial charge in [-0.3, -0.25) is 9.69 Å². The minimum absolute atomic E-state index is 0.143. The molecule has 1 saturated heterocycles. The van der Waals surface area contributed by atoms with Crippen molar-refractivity contribution < 1.29 is 4.79 Å². The molecule has 4 nitrogen and oxygen atoms in total. The van der Waals surface area contributed by atoms with Crippen LogP contribution in [0.3, 0.4) is 0 Å². The Kier molecular flexibility index (Phi) is 6.07. The number of carbonyl (C=O) groups excluding carboxylic acids is 1. The van der Waals surface area contributed by atoms with Gasteiger partial charge in [0.05, 0.1) is 10.8 Å². The van der Waals surface area contributed by atoms with E-state index < -0.39 is 0 Å². The van der Waals surface area contributed by atoms with Crippen LogP contribution in [0.25, 0.3) is 21.0 Å². The third-order valence-corrected chi connectivity index (χ3v) is 6.56. The Morgan fingerprint density at radius 2 is 1.72 bits per heavy atom. The Morgan fingerprint density at radius 3 is 2.38 bits per heavy atom. The smallest absolute Gasteiger partial charge is 0.225 e. The highest BCUT2D eigenvalue weighted by molar-refractivity contribution is 7.18. The molecule has 0 atom stereocenters. The lowest BCUT2D eigenvalue weighted by molar-refractivity contribution is -0.129. The van der Waals surface area contributed by atoms with Crippen molar-refractivity contribution in [1.82, 2.24) is 15.2 Å². The lowest BCUT2D eigenvalue weighted by atomic mass is 9.98. The van der Waals surface area contributed by atoms with Gasteiger partial charge < -0.3 is 5.32 Å². The number of nitrogens with one attached hydrogen (secondary N) is 1. The number of aromatic nitrogens is 1. The number of thiazole rings is 1. The van der Waals surface area contributed by atoms with E-state index in [0.29, 0.717) is 0 Å². The summed E-state index contributed by atoms with van der Waals surface area (Å²) in [6, 6.07) is 17.5. The molecule has 5 heteroatoms. The predicted molar refractivity (Wildman–Crippen MR) is 120 cm³/mol. The lowest BCUT2D eigenvalue weighted by Gasteiger charge is -2.38. The molecule has 0 unspecified atom stereocenters. The number of likely N-dealkylation sites (tertiary alicyclic amines) is 1.